The zero-order chi connectivity index (χ0) is 23.3. The molecule has 2 aromatic carbocycles. The first-order valence-corrected chi connectivity index (χ1v) is 11.0. The van der Waals surface area contributed by atoms with Crippen molar-refractivity contribution in [1.29, 1.82) is 0 Å². The van der Waals surface area contributed by atoms with Crippen LogP contribution in [0.3, 0.4) is 0 Å². The van der Waals surface area contributed by atoms with Gasteiger partial charge in [-0.1, -0.05) is 11.8 Å². The van der Waals surface area contributed by atoms with Gasteiger partial charge in [-0.05, 0) is 42.0 Å². The van der Waals surface area contributed by atoms with E-state index in [1.54, 1.807) is 0 Å². The summed E-state index contributed by atoms with van der Waals surface area (Å²) in [6, 6.07) is 10.1. The van der Waals surface area contributed by atoms with Crippen LogP contribution < -0.4 is 9.50 Å². The molecule has 32 heavy (non-hydrogen) atoms. The number of nitrogens with one attached hydrogen (secondary N) is 1. The smallest absolute Gasteiger partial charge is 0.339 e. The predicted molar refractivity (Wildman–Crippen MR) is 114 cm³/mol. The third kappa shape index (κ3) is 5.89. The molecule has 166 valence electrons. The van der Waals surface area contributed by atoms with Gasteiger partial charge in [-0.15, -0.1) is 5.10 Å². The van der Waals surface area contributed by atoms with Crippen molar-refractivity contribution in [3.8, 4) is 5.75 Å². The number of amides is 1. The number of nitrogens with zero attached hydrogens (tertiary/aromatic N) is 3. The van der Waals surface area contributed by atoms with Crippen LogP contribution in [0.5, 0.6) is 5.75 Å². The highest BCUT2D eigenvalue weighted by molar-refractivity contribution is 8.15. The van der Waals surface area contributed by atoms with Gasteiger partial charge in [-0.2, -0.15) is 13.5 Å². The summed E-state index contributed by atoms with van der Waals surface area (Å²) in [7, 11) is -4.18. The Balaban J connectivity index is 1.62. The summed E-state index contributed by atoms with van der Waals surface area (Å²) in [4.78, 5) is 32.1. The Kier molecular flexibility index (Phi) is 6.85. The molecule has 1 aliphatic heterocycles. The summed E-state index contributed by atoms with van der Waals surface area (Å²) in [5.74, 6) is -1.54. The van der Waals surface area contributed by atoms with Crippen LogP contribution in [0.1, 0.15) is 12.0 Å². The summed E-state index contributed by atoms with van der Waals surface area (Å²) in [6.07, 6.45) is 1.02. The summed E-state index contributed by atoms with van der Waals surface area (Å²) >= 11 is 0.962. The minimum Gasteiger partial charge on any atom is -0.481 e. The number of aliphatic carboxylic acids is 1. The summed E-state index contributed by atoms with van der Waals surface area (Å²) in [5, 5.41) is 28.9. The van der Waals surface area contributed by atoms with Gasteiger partial charge in [0.25, 0.3) is 5.69 Å². The van der Waals surface area contributed by atoms with Crippen LogP contribution in [-0.4, -0.2) is 47.0 Å². The van der Waals surface area contributed by atoms with Crippen LogP contribution >= 0.6 is 11.8 Å². The van der Waals surface area contributed by atoms with Crippen molar-refractivity contribution >= 4 is 50.8 Å². The lowest BCUT2D eigenvalue weighted by Crippen LogP contribution is -2.26. The van der Waals surface area contributed by atoms with Gasteiger partial charge in [0.2, 0.25) is 5.91 Å². The number of rotatable bonds is 8. The fraction of sp³-hybridized carbons (Fsp3) is 0.111. The third-order valence-electron chi connectivity index (χ3n) is 3.91. The van der Waals surface area contributed by atoms with Crippen molar-refractivity contribution in [1.82, 2.24) is 5.32 Å². The lowest BCUT2D eigenvalue weighted by molar-refractivity contribution is -0.384. The van der Waals surface area contributed by atoms with E-state index in [1.807, 2.05) is 0 Å². The molecule has 0 unspecified atom stereocenters. The summed E-state index contributed by atoms with van der Waals surface area (Å²) < 4.78 is 29.6. The maximum absolute atomic E-state index is 12.3. The highest BCUT2D eigenvalue weighted by atomic mass is 32.2. The standard InChI is InChI=1S/C18H14N4O8S2/c23-16(24)9-15-17(25)20-18(31-15)21-19-10-11-1-5-13(6-2-11)30-32(28,29)14-7-3-12(4-8-14)22(26)27/h1-8,10,15H,9H2,(H,23,24)(H,20,21,25)/b19-10-/t15-/m0/s1. The molecule has 0 bridgehead atoms. The number of carboxylic acid groups (broad SMARTS) is 1. The average molecular weight is 478 g/mol. The number of amidine groups is 1. The Hall–Kier alpha value is -3.78. The first-order valence-electron chi connectivity index (χ1n) is 8.73. The van der Waals surface area contributed by atoms with Gasteiger partial charge >= 0.3 is 16.1 Å². The first-order chi connectivity index (χ1) is 15.1. The zero-order valence-corrected chi connectivity index (χ0v) is 17.6. The van der Waals surface area contributed by atoms with Crippen molar-refractivity contribution in [2.75, 3.05) is 0 Å². The molecular weight excluding hydrogens is 464 g/mol. The van der Waals surface area contributed by atoms with Gasteiger partial charge < -0.3 is 14.6 Å². The lowest BCUT2D eigenvalue weighted by atomic mass is 10.2. The number of hydrogen-bond acceptors (Lipinski definition) is 10. The summed E-state index contributed by atoms with van der Waals surface area (Å²) in [6.45, 7) is 0. The molecule has 0 aromatic heterocycles. The number of non-ortho nitro benzene ring substituents is 1. The number of hydrogen-bond donors (Lipinski definition) is 2. The Morgan fingerprint density at radius 2 is 1.88 bits per heavy atom. The van der Waals surface area contributed by atoms with E-state index in [0.29, 0.717) is 5.56 Å². The normalized spacial score (nSPS) is 17.4. The van der Waals surface area contributed by atoms with Crippen LogP contribution in [0.25, 0.3) is 0 Å². The molecule has 1 atom stereocenters. The number of thioether (sulfide) groups is 1. The Morgan fingerprint density at radius 3 is 2.47 bits per heavy atom. The third-order valence-corrected chi connectivity index (χ3v) is 6.25. The van der Waals surface area contributed by atoms with E-state index in [9.17, 15) is 28.1 Å². The molecule has 2 N–H and O–H groups in total. The van der Waals surface area contributed by atoms with Gasteiger partial charge in [-0.3, -0.25) is 19.7 Å². The highest BCUT2D eigenvalue weighted by Gasteiger charge is 2.32. The number of carbonyl (C=O) groups is 2. The van der Waals surface area contributed by atoms with Crippen LogP contribution in [-0.2, 0) is 19.7 Å². The molecule has 12 nitrogen and oxygen atoms in total. The fourth-order valence-electron chi connectivity index (χ4n) is 2.41. The van der Waals surface area contributed by atoms with Crippen molar-refractivity contribution in [3.05, 3.63) is 64.2 Å². The van der Waals surface area contributed by atoms with E-state index < -0.39 is 32.2 Å². The molecule has 0 saturated carbocycles. The topological polar surface area (TPSA) is 178 Å². The van der Waals surface area contributed by atoms with Crippen molar-refractivity contribution in [3.63, 3.8) is 0 Å². The molecule has 1 aliphatic rings. The molecule has 1 saturated heterocycles. The van der Waals surface area contributed by atoms with Crippen LogP contribution in [0.15, 0.2) is 63.6 Å². The highest BCUT2D eigenvalue weighted by Crippen LogP contribution is 2.23. The number of benzene rings is 2. The SMILES string of the molecule is O=C(O)C[C@@H]1S/C(=N/N=C\c2ccc(OS(=O)(=O)c3ccc([N+](=O)[O-])cc3)cc2)NC1=O. The minimum absolute atomic E-state index is 0.0157. The molecule has 1 fully saturated rings. The van der Waals surface area contributed by atoms with Gasteiger partial charge in [-0.25, -0.2) is 0 Å². The average Bonchev–Trinajstić information content (AvgIpc) is 3.07. The largest absolute Gasteiger partial charge is 0.481 e. The zero-order valence-electron chi connectivity index (χ0n) is 15.9. The van der Waals surface area contributed by atoms with Gasteiger partial charge in [0.05, 0.1) is 17.6 Å². The number of nitro benzene ring substituents is 1. The molecule has 2 aromatic rings. The molecule has 0 radical (unpaired) electrons. The predicted octanol–water partition coefficient (Wildman–Crippen LogP) is 1.76. The second kappa shape index (κ2) is 9.57. The number of carboxylic acids is 1. The first kappa shape index (κ1) is 22.9. The van der Waals surface area contributed by atoms with E-state index >= 15 is 0 Å². The van der Waals surface area contributed by atoms with E-state index in [-0.39, 0.29) is 27.9 Å². The van der Waals surface area contributed by atoms with Crippen LogP contribution in [0.2, 0.25) is 0 Å². The molecule has 0 aliphatic carbocycles. The maximum atomic E-state index is 12.3. The molecule has 3 rings (SSSR count). The second-order valence-electron chi connectivity index (χ2n) is 6.20. The second-order valence-corrected chi connectivity index (χ2v) is 8.94. The number of nitro groups is 1. The Labute approximate surface area is 185 Å². The quantitative estimate of drug-likeness (QED) is 0.247. The van der Waals surface area contributed by atoms with Crippen LogP contribution in [0, 0.1) is 10.1 Å². The van der Waals surface area contributed by atoms with Crippen LogP contribution in [0.4, 0.5) is 5.69 Å². The van der Waals surface area contributed by atoms with Crippen molar-refractivity contribution in [2.45, 2.75) is 16.6 Å². The number of carbonyl (C=O) groups excluding carboxylic acids is 1. The maximum Gasteiger partial charge on any atom is 0.339 e. The van der Waals surface area contributed by atoms with E-state index in [1.165, 1.54) is 30.5 Å². The van der Waals surface area contributed by atoms with Crippen molar-refractivity contribution in [2.24, 2.45) is 10.2 Å². The Morgan fingerprint density at radius 1 is 1.22 bits per heavy atom. The van der Waals surface area contributed by atoms with Crippen molar-refractivity contribution < 1.29 is 32.2 Å². The molecule has 1 heterocycles. The molecular formula is C18H14N4O8S2. The monoisotopic (exact) mass is 478 g/mol. The Bertz CT molecular complexity index is 1210. The molecule has 14 heteroatoms. The van der Waals surface area contributed by atoms with Gasteiger partial charge in [0.15, 0.2) is 5.17 Å². The van der Waals surface area contributed by atoms with E-state index in [0.717, 1.165) is 36.0 Å². The fourth-order valence-corrected chi connectivity index (χ4v) is 4.26. The molecule has 0 spiro atoms. The van der Waals surface area contributed by atoms with Gasteiger partial charge in [0, 0.05) is 12.1 Å². The minimum atomic E-state index is -4.18. The summed E-state index contributed by atoms with van der Waals surface area (Å²) in [5.41, 5.74) is 0.301. The lowest BCUT2D eigenvalue weighted by Gasteiger charge is -2.07. The van der Waals surface area contributed by atoms with E-state index in [2.05, 4.69) is 15.5 Å². The van der Waals surface area contributed by atoms with E-state index in [4.69, 9.17) is 9.29 Å². The molecule has 1 amide bonds. The van der Waals surface area contributed by atoms with Gasteiger partial charge in [0.1, 0.15) is 15.9 Å².